The summed E-state index contributed by atoms with van der Waals surface area (Å²) in [6.07, 6.45) is 6.51. The quantitative estimate of drug-likeness (QED) is 0.484. The predicted molar refractivity (Wildman–Crippen MR) is 42.4 cm³/mol. The first-order valence-corrected chi connectivity index (χ1v) is 4.34. The summed E-state index contributed by atoms with van der Waals surface area (Å²) in [6.45, 7) is 8.03. The molecule has 0 saturated carbocycles. The molecule has 3 aliphatic heterocycles. The Morgan fingerprint density at radius 1 is 1.10 bits per heavy atom. The third-order valence-electron chi connectivity index (χ3n) is 3.34. The van der Waals surface area contributed by atoms with Crippen LogP contribution >= 0.6 is 0 Å². The van der Waals surface area contributed by atoms with E-state index in [0.29, 0.717) is 0 Å². The molecule has 3 fully saturated rings. The summed E-state index contributed by atoms with van der Waals surface area (Å²) in [4.78, 5) is 0. The topological polar surface area (TPSA) is 0 Å². The van der Waals surface area contributed by atoms with Gasteiger partial charge in [-0.15, -0.1) is 0 Å². The summed E-state index contributed by atoms with van der Waals surface area (Å²) in [5, 5.41) is 0. The van der Waals surface area contributed by atoms with Gasteiger partial charge in [0.1, 0.15) is 0 Å². The molecule has 0 N–H and O–H groups in total. The molecule has 1 heteroatoms. The Hall–Kier alpha value is -0.300. The van der Waals surface area contributed by atoms with Crippen LogP contribution in [-0.2, 0) is 0 Å². The smallest absolute Gasteiger partial charge is 0.0885 e. The van der Waals surface area contributed by atoms with E-state index >= 15 is 0 Å². The van der Waals surface area contributed by atoms with Crippen LogP contribution < -0.4 is 0 Å². The number of quaternary nitrogens is 1. The van der Waals surface area contributed by atoms with Crippen LogP contribution in [0.1, 0.15) is 19.3 Å². The first-order chi connectivity index (χ1) is 4.85. The molecule has 0 aromatic heterocycles. The minimum Gasteiger partial charge on any atom is -0.298 e. The van der Waals surface area contributed by atoms with E-state index < -0.39 is 0 Å². The molecule has 3 heterocycles. The minimum atomic E-state index is 1.07. The zero-order valence-corrected chi connectivity index (χ0v) is 6.55. The molecule has 10 heavy (non-hydrogen) atoms. The minimum absolute atomic E-state index is 1.07. The van der Waals surface area contributed by atoms with E-state index in [1.807, 2.05) is 0 Å². The molecule has 1 nitrogen and oxygen atoms in total. The van der Waals surface area contributed by atoms with E-state index in [1.165, 1.54) is 43.4 Å². The summed E-state index contributed by atoms with van der Waals surface area (Å²) in [5.74, 6) is 1.07. The highest BCUT2D eigenvalue weighted by Gasteiger charge is 2.37. The largest absolute Gasteiger partial charge is 0.298 e. The Morgan fingerprint density at radius 3 is 1.90 bits per heavy atom. The first kappa shape index (κ1) is 6.41. The van der Waals surface area contributed by atoms with Crippen LogP contribution in [0.4, 0.5) is 0 Å². The summed E-state index contributed by atoms with van der Waals surface area (Å²) in [7, 11) is 0. The van der Waals surface area contributed by atoms with Crippen LogP contribution in [0, 0.1) is 5.92 Å². The van der Waals surface area contributed by atoms with Gasteiger partial charge in [0.05, 0.1) is 25.8 Å². The van der Waals surface area contributed by atoms with Gasteiger partial charge in [-0.3, -0.25) is 4.48 Å². The van der Waals surface area contributed by atoms with Crippen LogP contribution in [0.5, 0.6) is 0 Å². The van der Waals surface area contributed by atoms with Crippen molar-refractivity contribution in [1.29, 1.82) is 0 Å². The zero-order valence-electron chi connectivity index (χ0n) is 6.55. The first-order valence-electron chi connectivity index (χ1n) is 4.34. The number of nitrogens with zero attached hydrogens (tertiary/aromatic N) is 1. The van der Waals surface area contributed by atoms with Gasteiger partial charge in [-0.25, -0.2) is 0 Å². The van der Waals surface area contributed by atoms with Crippen LogP contribution in [-0.4, -0.2) is 24.1 Å². The third-order valence-corrected chi connectivity index (χ3v) is 3.34. The predicted octanol–water partition coefficient (Wildman–Crippen LogP) is 1.76. The summed E-state index contributed by atoms with van der Waals surface area (Å²) < 4.78 is 1.22. The van der Waals surface area contributed by atoms with Gasteiger partial charge in [0.15, 0.2) is 0 Å². The molecule has 3 aliphatic rings. The Morgan fingerprint density at radius 2 is 1.60 bits per heavy atom. The Kier molecular flexibility index (Phi) is 1.34. The summed E-state index contributed by atoms with van der Waals surface area (Å²) >= 11 is 0. The zero-order chi connectivity index (χ0) is 7.03. The summed E-state index contributed by atoms with van der Waals surface area (Å²) in [5.41, 5.74) is 0. The van der Waals surface area contributed by atoms with E-state index in [-0.39, 0.29) is 0 Å². The molecule has 0 aromatic carbocycles. The standard InChI is InChI=1S/C9H16N/c1-2-10-6-3-9(4-7-10)5-8-10/h2,9H,1,3-8H2/q+1. The molecular formula is C9H16N+. The highest BCUT2D eigenvalue weighted by atomic mass is 15.3. The van der Waals surface area contributed by atoms with E-state index in [4.69, 9.17) is 0 Å². The molecule has 0 amide bonds. The maximum atomic E-state index is 3.92. The van der Waals surface area contributed by atoms with Crippen molar-refractivity contribution >= 4 is 0 Å². The number of hydrogen-bond donors (Lipinski definition) is 0. The van der Waals surface area contributed by atoms with Crippen molar-refractivity contribution in [1.82, 2.24) is 0 Å². The van der Waals surface area contributed by atoms with Crippen molar-refractivity contribution in [2.75, 3.05) is 19.6 Å². The second-order valence-corrected chi connectivity index (χ2v) is 3.80. The normalized spacial score (nSPS) is 45.4. The molecule has 3 rings (SSSR count). The van der Waals surface area contributed by atoms with Gasteiger partial charge in [-0.05, 0) is 12.5 Å². The maximum Gasteiger partial charge on any atom is 0.0885 e. The van der Waals surface area contributed by atoms with Gasteiger partial charge in [-0.1, -0.05) is 0 Å². The second-order valence-electron chi connectivity index (χ2n) is 3.80. The molecule has 0 atom stereocenters. The van der Waals surface area contributed by atoms with Gasteiger partial charge < -0.3 is 0 Å². The summed E-state index contributed by atoms with van der Waals surface area (Å²) in [6, 6.07) is 0. The number of rotatable bonds is 1. The number of piperidine rings is 3. The van der Waals surface area contributed by atoms with Crippen molar-refractivity contribution in [2.24, 2.45) is 5.92 Å². The van der Waals surface area contributed by atoms with E-state index in [1.54, 1.807) is 0 Å². The van der Waals surface area contributed by atoms with E-state index in [0.717, 1.165) is 5.92 Å². The molecule has 0 aliphatic carbocycles. The Balaban J connectivity index is 2.15. The van der Waals surface area contributed by atoms with Gasteiger partial charge in [0, 0.05) is 19.3 Å². The monoisotopic (exact) mass is 138 g/mol. The molecule has 0 unspecified atom stereocenters. The van der Waals surface area contributed by atoms with Crippen LogP contribution in [0.3, 0.4) is 0 Å². The van der Waals surface area contributed by atoms with E-state index in [9.17, 15) is 0 Å². The van der Waals surface area contributed by atoms with Gasteiger partial charge in [0.2, 0.25) is 0 Å². The SMILES string of the molecule is C=C[N+]12CCC(CC1)CC2. The highest BCUT2D eigenvalue weighted by molar-refractivity contribution is 4.75. The van der Waals surface area contributed by atoms with Crippen molar-refractivity contribution in [3.05, 3.63) is 12.8 Å². The van der Waals surface area contributed by atoms with Crippen LogP contribution in [0.15, 0.2) is 12.8 Å². The third kappa shape index (κ3) is 0.807. The second kappa shape index (κ2) is 2.09. The Bertz CT molecular complexity index is 129. The molecule has 3 saturated heterocycles. The number of fused-ring (bicyclic) bond motifs is 3. The van der Waals surface area contributed by atoms with Gasteiger partial charge in [0.25, 0.3) is 0 Å². The lowest BCUT2D eigenvalue weighted by Gasteiger charge is -2.46. The lowest BCUT2D eigenvalue weighted by Crippen LogP contribution is -2.54. The van der Waals surface area contributed by atoms with Crippen LogP contribution in [0.25, 0.3) is 0 Å². The lowest BCUT2D eigenvalue weighted by molar-refractivity contribution is -0.895. The molecule has 56 valence electrons. The average Bonchev–Trinajstić information content (AvgIpc) is 2.08. The van der Waals surface area contributed by atoms with Crippen molar-refractivity contribution < 1.29 is 4.48 Å². The van der Waals surface area contributed by atoms with Gasteiger partial charge in [-0.2, -0.15) is 0 Å². The van der Waals surface area contributed by atoms with Crippen molar-refractivity contribution in [3.63, 3.8) is 0 Å². The lowest BCUT2D eigenvalue weighted by atomic mass is 9.86. The van der Waals surface area contributed by atoms with Crippen molar-refractivity contribution in [3.8, 4) is 0 Å². The molecule has 0 spiro atoms. The Labute approximate surface area is 62.9 Å². The fourth-order valence-electron chi connectivity index (χ4n) is 2.36. The number of hydrogen-bond acceptors (Lipinski definition) is 0. The van der Waals surface area contributed by atoms with Crippen LogP contribution in [0.2, 0.25) is 0 Å². The van der Waals surface area contributed by atoms with Crippen molar-refractivity contribution in [2.45, 2.75) is 19.3 Å². The van der Waals surface area contributed by atoms with Gasteiger partial charge >= 0.3 is 0 Å². The maximum absolute atomic E-state index is 3.92. The molecule has 0 aromatic rings. The molecular weight excluding hydrogens is 122 g/mol. The fraction of sp³-hybridized carbons (Fsp3) is 0.778. The average molecular weight is 138 g/mol. The molecule has 0 radical (unpaired) electrons. The fourth-order valence-corrected chi connectivity index (χ4v) is 2.36. The highest BCUT2D eigenvalue weighted by Crippen LogP contribution is 2.33. The molecule has 2 bridgehead atoms. The van der Waals surface area contributed by atoms with E-state index in [2.05, 4.69) is 12.8 Å².